The van der Waals surface area contributed by atoms with Crippen molar-refractivity contribution in [2.45, 2.75) is 32.1 Å². The molecule has 4 nitrogen and oxygen atoms in total. The van der Waals surface area contributed by atoms with E-state index in [1.165, 1.54) is 11.1 Å². The average molecular weight is 313 g/mol. The van der Waals surface area contributed by atoms with Gasteiger partial charge in [-0.2, -0.15) is 0 Å². The van der Waals surface area contributed by atoms with Crippen LogP contribution in [-0.4, -0.2) is 25.7 Å². The third-order valence-corrected chi connectivity index (χ3v) is 4.86. The van der Waals surface area contributed by atoms with Gasteiger partial charge in [0.1, 0.15) is 5.76 Å². The highest BCUT2D eigenvalue weighted by Gasteiger charge is 2.36. The zero-order chi connectivity index (χ0) is 16.3. The number of ether oxygens (including phenoxy) is 1. The van der Waals surface area contributed by atoms with Crippen LogP contribution in [0.2, 0.25) is 0 Å². The van der Waals surface area contributed by atoms with Crippen molar-refractivity contribution >= 4 is 5.91 Å². The number of benzene rings is 1. The van der Waals surface area contributed by atoms with E-state index in [1.807, 2.05) is 0 Å². The average Bonchev–Trinajstić information content (AvgIpc) is 3.00. The fraction of sp³-hybridized carbons (Fsp3) is 0.421. The Labute approximate surface area is 136 Å². The predicted molar refractivity (Wildman–Crippen MR) is 88.7 cm³/mol. The second kappa shape index (κ2) is 6.59. The Balaban J connectivity index is 1.82. The normalized spacial score (nSPS) is 17.0. The number of nitrogens with one attached hydrogen (secondary N) is 1. The summed E-state index contributed by atoms with van der Waals surface area (Å²) in [6.45, 7) is 6.02. The van der Waals surface area contributed by atoms with Gasteiger partial charge in [-0.1, -0.05) is 24.3 Å². The molecular formula is C19H23NO3. The lowest BCUT2D eigenvalue weighted by Crippen LogP contribution is -2.45. The first-order chi connectivity index (χ1) is 11.1. The van der Waals surface area contributed by atoms with Crippen LogP contribution in [0.1, 0.15) is 40.1 Å². The number of furan rings is 1. The molecule has 0 spiro atoms. The van der Waals surface area contributed by atoms with Gasteiger partial charge in [-0.15, -0.1) is 0 Å². The predicted octanol–water partition coefficient (Wildman–Crippen LogP) is 3.37. The van der Waals surface area contributed by atoms with Crippen molar-refractivity contribution in [1.82, 2.24) is 5.32 Å². The Morgan fingerprint density at radius 3 is 2.57 bits per heavy atom. The molecule has 0 bridgehead atoms. The van der Waals surface area contributed by atoms with Crippen molar-refractivity contribution in [1.29, 1.82) is 0 Å². The molecule has 2 heterocycles. The maximum atomic E-state index is 12.4. The van der Waals surface area contributed by atoms with Crippen molar-refractivity contribution in [2.75, 3.05) is 19.8 Å². The quantitative estimate of drug-likeness (QED) is 0.941. The molecular weight excluding hydrogens is 290 g/mol. The first-order valence-electron chi connectivity index (χ1n) is 8.08. The molecule has 1 aromatic heterocycles. The summed E-state index contributed by atoms with van der Waals surface area (Å²) in [6, 6.07) is 10.2. The highest BCUT2D eigenvalue weighted by Crippen LogP contribution is 2.36. The molecule has 3 rings (SSSR count). The van der Waals surface area contributed by atoms with E-state index < -0.39 is 0 Å². The van der Waals surface area contributed by atoms with E-state index in [1.54, 1.807) is 19.3 Å². The zero-order valence-electron chi connectivity index (χ0n) is 13.7. The lowest BCUT2D eigenvalue weighted by molar-refractivity contribution is 0.0485. The van der Waals surface area contributed by atoms with Gasteiger partial charge in [0.25, 0.3) is 5.91 Å². The standard InChI is InChI=1S/C19H23NO3/c1-14-5-3-4-6-17(14)19(8-11-22-12-9-19)13-20-18(21)16-7-10-23-15(16)2/h3-7,10H,8-9,11-13H2,1-2H3,(H,20,21). The monoisotopic (exact) mass is 313 g/mol. The summed E-state index contributed by atoms with van der Waals surface area (Å²) in [7, 11) is 0. The first kappa shape index (κ1) is 15.8. The Morgan fingerprint density at radius 1 is 1.17 bits per heavy atom. The Hall–Kier alpha value is -2.07. The fourth-order valence-electron chi connectivity index (χ4n) is 3.44. The number of amides is 1. The van der Waals surface area contributed by atoms with Crippen molar-refractivity contribution in [2.24, 2.45) is 0 Å². The maximum Gasteiger partial charge on any atom is 0.254 e. The molecule has 23 heavy (non-hydrogen) atoms. The van der Waals surface area contributed by atoms with Crippen molar-refractivity contribution in [3.05, 3.63) is 59.0 Å². The largest absolute Gasteiger partial charge is 0.469 e. The zero-order valence-corrected chi connectivity index (χ0v) is 13.7. The molecule has 1 aliphatic rings. The van der Waals surface area contributed by atoms with E-state index in [4.69, 9.17) is 9.15 Å². The van der Waals surface area contributed by atoms with Crippen LogP contribution in [-0.2, 0) is 10.2 Å². The van der Waals surface area contributed by atoms with Crippen molar-refractivity contribution in [3.63, 3.8) is 0 Å². The molecule has 1 amide bonds. The molecule has 0 unspecified atom stereocenters. The van der Waals surface area contributed by atoms with Gasteiger partial charge in [-0.3, -0.25) is 4.79 Å². The van der Waals surface area contributed by atoms with E-state index in [9.17, 15) is 4.79 Å². The summed E-state index contributed by atoms with van der Waals surface area (Å²) >= 11 is 0. The van der Waals surface area contributed by atoms with E-state index >= 15 is 0 Å². The van der Waals surface area contributed by atoms with Crippen LogP contribution < -0.4 is 5.32 Å². The minimum Gasteiger partial charge on any atom is -0.469 e. The van der Waals surface area contributed by atoms with Crippen molar-refractivity contribution < 1.29 is 13.9 Å². The number of rotatable bonds is 4. The minimum absolute atomic E-state index is 0.0586. The van der Waals surface area contributed by atoms with Gasteiger partial charge in [0.2, 0.25) is 0 Å². The SMILES string of the molecule is Cc1ccccc1C1(CNC(=O)c2ccoc2C)CCOCC1. The lowest BCUT2D eigenvalue weighted by Gasteiger charge is -2.39. The minimum atomic E-state index is -0.0734. The van der Waals surface area contributed by atoms with Gasteiger partial charge in [0, 0.05) is 25.2 Å². The molecule has 0 radical (unpaired) electrons. The molecule has 122 valence electrons. The summed E-state index contributed by atoms with van der Waals surface area (Å²) in [4.78, 5) is 12.4. The second-order valence-electron chi connectivity index (χ2n) is 6.28. The van der Waals surface area contributed by atoms with Gasteiger partial charge in [-0.25, -0.2) is 0 Å². The summed E-state index contributed by atoms with van der Waals surface area (Å²) in [5.74, 6) is 0.579. The van der Waals surface area contributed by atoms with Crippen LogP contribution in [0.5, 0.6) is 0 Å². The van der Waals surface area contributed by atoms with Crippen LogP contribution in [0.25, 0.3) is 0 Å². The number of aryl methyl sites for hydroxylation is 2. The van der Waals surface area contributed by atoms with Crippen molar-refractivity contribution in [3.8, 4) is 0 Å². The third-order valence-electron chi connectivity index (χ3n) is 4.86. The van der Waals surface area contributed by atoms with Gasteiger partial charge in [0.15, 0.2) is 0 Å². The van der Waals surface area contributed by atoms with Gasteiger partial charge >= 0.3 is 0 Å². The molecule has 1 aromatic carbocycles. The molecule has 0 atom stereocenters. The van der Waals surface area contributed by atoms with Crippen LogP contribution >= 0.6 is 0 Å². The van der Waals surface area contributed by atoms with Crippen LogP contribution in [0.4, 0.5) is 0 Å². The summed E-state index contributed by atoms with van der Waals surface area (Å²) < 4.78 is 10.8. The molecule has 1 aliphatic heterocycles. The Kier molecular flexibility index (Phi) is 4.53. The molecule has 4 heteroatoms. The van der Waals surface area contributed by atoms with Gasteiger partial charge < -0.3 is 14.5 Å². The topological polar surface area (TPSA) is 51.5 Å². The Morgan fingerprint density at radius 2 is 1.91 bits per heavy atom. The van der Waals surface area contributed by atoms with Crippen LogP contribution in [0, 0.1) is 13.8 Å². The fourth-order valence-corrected chi connectivity index (χ4v) is 3.44. The van der Waals surface area contributed by atoms with E-state index in [2.05, 4.69) is 36.5 Å². The molecule has 1 N–H and O–H groups in total. The summed E-state index contributed by atoms with van der Waals surface area (Å²) in [6.07, 6.45) is 3.39. The van der Waals surface area contributed by atoms with E-state index in [0.29, 0.717) is 17.9 Å². The van der Waals surface area contributed by atoms with E-state index in [0.717, 1.165) is 26.1 Å². The second-order valence-corrected chi connectivity index (χ2v) is 6.28. The highest BCUT2D eigenvalue weighted by molar-refractivity contribution is 5.95. The molecule has 1 fully saturated rings. The van der Waals surface area contributed by atoms with Gasteiger partial charge in [-0.05, 0) is 43.9 Å². The van der Waals surface area contributed by atoms with E-state index in [-0.39, 0.29) is 11.3 Å². The lowest BCUT2D eigenvalue weighted by atomic mass is 9.72. The van der Waals surface area contributed by atoms with Crippen LogP contribution in [0.15, 0.2) is 41.0 Å². The summed E-state index contributed by atoms with van der Waals surface area (Å²) in [5.41, 5.74) is 3.13. The highest BCUT2D eigenvalue weighted by atomic mass is 16.5. The third kappa shape index (κ3) is 3.17. The number of carbonyl (C=O) groups excluding carboxylic acids is 1. The first-order valence-corrected chi connectivity index (χ1v) is 8.08. The molecule has 0 saturated carbocycles. The smallest absolute Gasteiger partial charge is 0.254 e. The number of carbonyl (C=O) groups is 1. The Bertz CT molecular complexity index is 683. The molecule has 2 aromatic rings. The molecule has 0 aliphatic carbocycles. The van der Waals surface area contributed by atoms with Crippen LogP contribution in [0.3, 0.4) is 0 Å². The molecule has 1 saturated heterocycles. The number of hydrogen-bond donors (Lipinski definition) is 1. The summed E-state index contributed by atoms with van der Waals surface area (Å²) in [5, 5.41) is 3.11. The van der Waals surface area contributed by atoms with Gasteiger partial charge in [0.05, 0.1) is 11.8 Å². The number of hydrogen-bond acceptors (Lipinski definition) is 3. The maximum absolute atomic E-state index is 12.4.